The predicted octanol–water partition coefficient (Wildman–Crippen LogP) is 5.80. The zero-order chi connectivity index (χ0) is 24.4. The molecule has 2 fully saturated rings. The summed E-state index contributed by atoms with van der Waals surface area (Å²) in [6.07, 6.45) is 0.00117. The molecule has 180 valence electrons. The summed E-state index contributed by atoms with van der Waals surface area (Å²) in [5.41, 5.74) is 3.18. The molecule has 2 saturated heterocycles. The van der Waals surface area contributed by atoms with Crippen molar-refractivity contribution in [2.75, 3.05) is 19.7 Å². The molecule has 5 rings (SSSR count). The minimum absolute atomic E-state index is 0.119. The summed E-state index contributed by atoms with van der Waals surface area (Å²) >= 11 is 12.5. The summed E-state index contributed by atoms with van der Waals surface area (Å²) in [6, 6.07) is 25.2. The van der Waals surface area contributed by atoms with Crippen LogP contribution in [0.4, 0.5) is 4.79 Å². The summed E-state index contributed by atoms with van der Waals surface area (Å²) in [5, 5.41) is 0.933. The average molecular weight is 509 g/mol. The van der Waals surface area contributed by atoms with Crippen LogP contribution in [-0.2, 0) is 22.5 Å². The Kier molecular flexibility index (Phi) is 7.09. The smallest absolute Gasteiger partial charge is 0.416 e. The molecule has 0 aliphatic carbocycles. The van der Waals surface area contributed by atoms with Crippen molar-refractivity contribution in [1.82, 2.24) is 9.80 Å². The fourth-order valence-electron chi connectivity index (χ4n) is 5.13. The molecule has 3 aromatic carbocycles. The normalized spacial score (nSPS) is 22.4. The Hall–Kier alpha value is -2.86. The van der Waals surface area contributed by atoms with Crippen molar-refractivity contribution in [3.8, 4) is 0 Å². The minimum atomic E-state index is -0.565. The largest absolute Gasteiger partial charge is 0.447 e. The first kappa shape index (κ1) is 23.9. The van der Waals surface area contributed by atoms with Gasteiger partial charge in [0.1, 0.15) is 6.61 Å². The fourth-order valence-corrected chi connectivity index (χ4v) is 5.44. The van der Waals surface area contributed by atoms with Gasteiger partial charge in [-0.3, -0.25) is 9.69 Å². The molecule has 0 radical (unpaired) electrons. The van der Waals surface area contributed by atoms with Gasteiger partial charge in [0.15, 0.2) is 0 Å². The van der Waals surface area contributed by atoms with E-state index in [0.29, 0.717) is 29.6 Å². The molecule has 0 bridgehead atoms. The van der Waals surface area contributed by atoms with Gasteiger partial charge in [0, 0.05) is 25.6 Å². The summed E-state index contributed by atoms with van der Waals surface area (Å²) in [5.74, 6) is -0.716. The Labute approximate surface area is 215 Å². The molecule has 0 aromatic heterocycles. The molecule has 0 unspecified atom stereocenters. The van der Waals surface area contributed by atoms with Crippen LogP contribution in [-0.4, -0.2) is 47.5 Å². The number of likely N-dealkylation sites (tertiary alicyclic amines) is 1. The van der Waals surface area contributed by atoms with Crippen LogP contribution in [0.3, 0.4) is 0 Å². The lowest BCUT2D eigenvalue weighted by Crippen LogP contribution is -2.45. The molecule has 0 N–H and O–H groups in total. The standard InChI is InChI=1S/C28H26Cl2N2O3/c29-25-12-11-21(14-26(25)30)23-16-31(15-20-9-5-2-6-10-20)17-24(23)27(33)32-22(18-35-28(32)34)13-19-7-3-1-4-8-19/h1-12,14,22-24H,13,15-18H2/t22-,23+,24-/m0/s1. The predicted molar refractivity (Wildman–Crippen MR) is 137 cm³/mol. The maximum Gasteiger partial charge on any atom is 0.416 e. The molecule has 2 heterocycles. The highest BCUT2D eigenvalue weighted by atomic mass is 35.5. The lowest BCUT2D eigenvalue weighted by molar-refractivity contribution is -0.133. The molecular formula is C28H26Cl2N2O3. The van der Waals surface area contributed by atoms with Gasteiger partial charge < -0.3 is 4.74 Å². The second-order valence-electron chi connectivity index (χ2n) is 9.19. The Morgan fingerprint density at radius 2 is 1.57 bits per heavy atom. The third-order valence-corrected chi connectivity index (χ3v) is 7.59. The first-order chi connectivity index (χ1) is 17.0. The number of halogens is 2. The molecule has 3 aromatic rings. The van der Waals surface area contributed by atoms with E-state index in [0.717, 1.165) is 17.7 Å². The SMILES string of the molecule is O=C1OC[C@H](Cc2ccccc2)N1C(=O)[C@H]1CN(Cc2ccccc2)C[C@@H]1c1ccc(Cl)c(Cl)c1. The summed E-state index contributed by atoms with van der Waals surface area (Å²) < 4.78 is 5.34. The van der Waals surface area contributed by atoms with E-state index in [4.69, 9.17) is 27.9 Å². The maximum atomic E-state index is 13.9. The molecular weight excluding hydrogens is 483 g/mol. The zero-order valence-corrected chi connectivity index (χ0v) is 20.7. The average Bonchev–Trinajstić information content (AvgIpc) is 3.45. The molecule has 2 aliphatic rings. The molecule has 7 heteroatoms. The van der Waals surface area contributed by atoms with Gasteiger partial charge >= 0.3 is 6.09 Å². The van der Waals surface area contributed by atoms with Crippen molar-refractivity contribution < 1.29 is 14.3 Å². The first-order valence-corrected chi connectivity index (χ1v) is 12.5. The van der Waals surface area contributed by atoms with Crippen molar-refractivity contribution >= 4 is 35.2 Å². The van der Waals surface area contributed by atoms with Crippen LogP contribution in [0.15, 0.2) is 78.9 Å². The van der Waals surface area contributed by atoms with E-state index in [-0.39, 0.29) is 24.5 Å². The van der Waals surface area contributed by atoms with Crippen molar-refractivity contribution in [1.29, 1.82) is 0 Å². The van der Waals surface area contributed by atoms with E-state index in [1.807, 2.05) is 60.7 Å². The van der Waals surface area contributed by atoms with Gasteiger partial charge in [-0.25, -0.2) is 9.69 Å². The van der Waals surface area contributed by atoms with E-state index in [9.17, 15) is 9.59 Å². The van der Waals surface area contributed by atoms with Gasteiger partial charge in [0.05, 0.1) is 22.0 Å². The number of imide groups is 1. The molecule has 0 spiro atoms. The van der Waals surface area contributed by atoms with Crippen molar-refractivity contribution in [2.24, 2.45) is 5.92 Å². The Bertz CT molecular complexity index is 1210. The first-order valence-electron chi connectivity index (χ1n) is 11.7. The van der Waals surface area contributed by atoms with Crippen LogP contribution in [0.25, 0.3) is 0 Å². The van der Waals surface area contributed by atoms with E-state index < -0.39 is 12.0 Å². The number of rotatable bonds is 6. The number of ether oxygens (including phenoxy) is 1. The van der Waals surface area contributed by atoms with Gasteiger partial charge in [-0.05, 0) is 35.2 Å². The second-order valence-corrected chi connectivity index (χ2v) is 10.0. The number of amides is 2. The van der Waals surface area contributed by atoms with Gasteiger partial charge in [-0.2, -0.15) is 0 Å². The van der Waals surface area contributed by atoms with Gasteiger partial charge in [-0.15, -0.1) is 0 Å². The molecule has 2 aliphatic heterocycles. The highest BCUT2D eigenvalue weighted by Gasteiger charge is 2.46. The highest BCUT2D eigenvalue weighted by Crippen LogP contribution is 2.38. The zero-order valence-electron chi connectivity index (χ0n) is 19.1. The number of hydrogen-bond acceptors (Lipinski definition) is 4. The molecule has 2 amide bonds. The fraction of sp³-hybridized carbons (Fsp3) is 0.286. The van der Waals surface area contributed by atoms with Crippen LogP contribution >= 0.6 is 23.2 Å². The summed E-state index contributed by atoms with van der Waals surface area (Å²) in [4.78, 5) is 30.3. The lowest BCUT2D eigenvalue weighted by atomic mass is 9.87. The van der Waals surface area contributed by atoms with Gasteiger partial charge in [0.25, 0.3) is 0 Å². The van der Waals surface area contributed by atoms with Gasteiger partial charge in [-0.1, -0.05) is 89.9 Å². The van der Waals surface area contributed by atoms with Crippen molar-refractivity contribution in [3.05, 3.63) is 106 Å². The van der Waals surface area contributed by atoms with Crippen LogP contribution in [0.5, 0.6) is 0 Å². The van der Waals surface area contributed by atoms with Crippen LogP contribution in [0.1, 0.15) is 22.6 Å². The number of carbonyl (C=O) groups excluding carboxylic acids is 2. The number of cyclic esters (lactones) is 1. The Morgan fingerprint density at radius 3 is 2.26 bits per heavy atom. The van der Waals surface area contributed by atoms with E-state index in [1.54, 1.807) is 6.07 Å². The van der Waals surface area contributed by atoms with Gasteiger partial charge in [0.2, 0.25) is 5.91 Å². The summed E-state index contributed by atoms with van der Waals surface area (Å²) in [7, 11) is 0. The third-order valence-electron chi connectivity index (χ3n) is 6.85. The molecule has 35 heavy (non-hydrogen) atoms. The number of carbonyl (C=O) groups is 2. The van der Waals surface area contributed by atoms with Crippen LogP contribution in [0, 0.1) is 5.92 Å². The highest BCUT2D eigenvalue weighted by molar-refractivity contribution is 6.42. The van der Waals surface area contributed by atoms with E-state index in [2.05, 4.69) is 17.0 Å². The van der Waals surface area contributed by atoms with E-state index >= 15 is 0 Å². The van der Waals surface area contributed by atoms with Crippen molar-refractivity contribution in [3.63, 3.8) is 0 Å². The Morgan fingerprint density at radius 1 is 0.886 bits per heavy atom. The number of hydrogen-bond donors (Lipinski definition) is 0. The third kappa shape index (κ3) is 5.22. The quantitative estimate of drug-likeness (QED) is 0.422. The molecule has 5 nitrogen and oxygen atoms in total. The maximum absolute atomic E-state index is 13.9. The minimum Gasteiger partial charge on any atom is -0.447 e. The summed E-state index contributed by atoms with van der Waals surface area (Å²) in [6.45, 7) is 2.15. The molecule has 0 saturated carbocycles. The lowest BCUT2D eigenvalue weighted by Gasteiger charge is -2.26. The monoisotopic (exact) mass is 508 g/mol. The van der Waals surface area contributed by atoms with E-state index in [1.165, 1.54) is 10.5 Å². The number of nitrogens with zero attached hydrogens (tertiary/aromatic N) is 2. The number of benzene rings is 3. The van der Waals surface area contributed by atoms with Crippen LogP contribution in [0.2, 0.25) is 10.0 Å². The topological polar surface area (TPSA) is 49.9 Å². The second kappa shape index (κ2) is 10.4. The molecule has 3 atom stereocenters. The van der Waals surface area contributed by atoms with Crippen molar-refractivity contribution in [2.45, 2.75) is 24.9 Å². The Balaban J connectivity index is 1.42. The van der Waals surface area contributed by atoms with Crippen LogP contribution < -0.4 is 0 Å².